The largest absolute Gasteiger partial charge is 0.434 e. The Labute approximate surface area is 169 Å². The maximum Gasteiger partial charge on any atom is 0.434 e. The zero-order valence-electron chi connectivity index (χ0n) is 15.8. The summed E-state index contributed by atoms with van der Waals surface area (Å²) < 4.78 is 40.4. The quantitative estimate of drug-likeness (QED) is 0.619. The van der Waals surface area contributed by atoms with E-state index in [-0.39, 0.29) is 11.5 Å². The van der Waals surface area contributed by atoms with Crippen LogP contribution in [0.2, 0.25) is 0 Å². The summed E-state index contributed by atoms with van der Waals surface area (Å²) in [6.07, 6.45) is 4.80. The molecular formula is C19H19F3N8. The van der Waals surface area contributed by atoms with Crippen molar-refractivity contribution in [1.29, 1.82) is 5.41 Å². The lowest BCUT2D eigenvalue weighted by atomic mass is 10.00. The Kier molecular flexibility index (Phi) is 5.10. The van der Waals surface area contributed by atoms with Gasteiger partial charge in [0, 0.05) is 31.7 Å². The third-order valence-corrected chi connectivity index (χ3v) is 5.09. The van der Waals surface area contributed by atoms with Gasteiger partial charge in [0.1, 0.15) is 11.5 Å². The molecule has 1 unspecified atom stereocenters. The Morgan fingerprint density at radius 2 is 2.10 bits per heavy atom. The van der Waals surface area contributed by atoms with Crippen molar-refractivity contribution in [3.8, 4) is 11.5 Å². The number of imidazole rings is 1. The number of halogens is 3. The van der Waals surface area contributed by atoms with Crippen LogP contribution in [0.15, 0.2) is 42.6 Å². The molecule has 4 rings (SSSR count). The summed E-state index contributed by atoms with van der Waals surface area (Å²) in [4.78, 5) is 18.4. The van der Waals surface area contributed by atoms with Crippen LogP contribution in [0.4, 0.5) is 19.0 Å². The first kappa shape index (κ1) is 19.8. The molecule has 1 aliphatic rings. The molecule has 1 atom stereocenters. The Bertz CT molecular complexity index is 1100. The molecule has 156 valence electrons. The van der Waals surface area contributed by atoms with Gasteiger partial charge in [0.15, 0.2) is 17.2 Å². The Hall–Kier alpha value is -3.50. The van der Waals surface area contributed by atoms with Gasteiger partial charge in [-0.05, 0) is 36.6 Å². The van der Waals surface area contributed by atoms with Gasteiger partial charge >= 0.3 is 6.18 Å². The molecule has 4 heterocycles. The standard InChI is InChI=1S/C19H19F3N8/c20-19(21,22)15-11-30-14(8-27-17(30)9-26-15)18-25-3-1-16(28-18)29-4-2-12(10-29)5-13(6-23)7-24/h1,3,6-9,11-12,23H,2,4-5,10,24H2. The average Bonchev–Trinajstić information content (AvgIpc) is 3.38. The van der Waals surface area contributed by atoms with Gasteiger partial charge in [0.25, 0.3) is 0 Å². The van der Waals surface area contributed by atoms with E-state index in [2.05, 4.69) is 24.8 Å². The van der Waals surface area contributed by atoms with Gasteiger partial charge in [0.05, 0.1) is 12.4 Å². The number of hydrogen-bond acceptors (Lipinski definition) is 7. The van der Waals surface area contributed by atoms with Crippen LogP contribution in [0.3, 0.4) is 0 Å². The molecule has 0 bridgehead atoms. The molecule has 0 amide bonds. The van der Waals surface area contributed by atoms with Gasteiger partial charge < -0.3 is 16.0 Å². The van der Waals surface area contributed by atoms with Crippen molar-refractivity contribution in [1.82, 2.24) is 24.3 Å². The second-order valence-electron chi connectivity index (χ2n) is 7.07. The normalized spacial score (nSPS) is 17.6. The number of alkyl halides is 3. The highest BCUT2D eigenvalue weighted by Gasteiger charge is 2.33. The van der Waals surface area contributed by atoms with E-state index in [0.29, 0.717) is 17.4 Å². The summed E-state index contributed by atoms with van der Waals surface area (Å²) in [5, 5.41) is 7.38. The molecule has 11 heteroatoms. The highest BCUT2D eigenvalue weighted by atomic mass is 19.4. The molecule has 3 aromatic rings. The molecule has 3 aromatic heterocycles. The monoisotopic (exact) mass is 416 g/mol. The molecule has 0 spiro atoms. The maximum atomic E-state index is 13.0. The van der Waals surface area contributed by atoms with Crippen LogP contribution in [-0.2, 0) is 6.18 Å². The fraction of sp³-hybridized carbons (Fsp3) is 0.316. The molecule has 0 saturated carbocycles. The van der Waals surface area contributed by atoms with Crippen molar-refractivity contribution < 1.29 is 13.2 Å². The molecule has 1 saturated heterocycles. The SMILES string of the molecule is N=CC(=CN)CC1CCN(c2ccnc(-c3cnc4cnc(C(F)(F)F)cn34)n2)C1. The molecule has 0 radical (unpaired) electrons. The number of fused-ring (bicyclic) bond motifs is 1. The van der Waals surface area contributed by atoms with E-state index in [1.54, 1.807) is 12.3 Å². The van der Waals surface area contributed by atoms with E-state index in [1.165, 1.54) is 23.0 Å². The minimum absolute atomic E-state index is 0.279. The number of allylic oxidation sites excluding steroid dienone is 1. The van der Waals surface area contributed by atoms with E-state index in [9.17, 15) is 13.2 Å². The first-order valence-electron chi connectivity index (χ1n) is 9.29. The Morgan fingerprint density at radius 3 is 2.83 bits per heavy atom. The maximum absolute atomic E-state index is 13.0. The molecule has 8 nitrogen and oxygen atoms in total. The second-order valence-corrected chi connectivity index (χ2v) is 7.07. The fourth-order valence-corrected chi connectivity index (χ4v) is 3.57. The summed E-state index contributed by atoms with van der Waals surface area (Å²) in [5.74, 6) is 1.32. The average molecular weight is 416 g/mol. The van der Waals surface area contributed by atoms with Gasteiger partial charge in [0.2, 0.25) is 0 Å². The smallest absolute Gasteiger partial charge is 0.404 e. The van der Waals surface area contributed by atoms with Crippen LogP contribution < -0.4 is 10.6 Å². The van der Waals surface area contributed by atoms with Gasteiger partial charge in [-0.15, -0.1) is 0 Å². The van der Waals surface area contributed by atoms with Crippen LogP contribution in [0.25, 0.3) is 17.2 Å². The van der Waals surface area contributed by atoms with Crippen molar-refractivity contribution in [3.63, 3.8) is 0 Å². The highest BCUT2D eigenvalue weighted by molar-refractivity contribution is 5.75. The molecule has 0 aliphatic carbocycles. The summed E-state index contributed by atoms with van der Waals surface area (Å²) in [6.45, 7) is 1.53. The first-order valence-corrected chi connectivity index (χ1v) is 9.29. The molecule has 1 aliphatic heterocycles. The Morgan fingerprint density at radius 1 is 1.27 bits per heavy atom. The third kappa shape index (κ3) is 3.82. The number of rotatable bonds is 5. The second kappa shape index (κ2) is 7.73. The third-order valence-electron chi connectivity index (χ3n) is 5.09. The van der Waals surface area contributed by atoms with E-state index in [1.807, 2.05) is 0 Å². The van der Waals surface area contributed by atoms with Crippen molar-refractivity contribution >= 4 is 17.7 Å². The number of aromatic nitrogens is 5. The first-order chi connectivity index (χ1) is 14.4. The molecule has 3 N–H and O–H groups in total. The fourth-order valence-electron chi connectivity index (χ4n) is 3.57. The van der Waals surface area contributed by atoms with Crippen LogP contribution >= 0.6 is 0 Å². The number of anilines is 1. The summed E-state index contributed by atoms with van der Waals surface area (Å²) >= 11 is 0. The van der Waals surface area contributed by atoms with Crippen LogP contribution in [0, 0.1) is 11.3 Å². The van der Waals surface area contributed by atoms with Crippen molar-refractivity contribution in [2.75, 3.05) is 18.0 Å². The summed E-state index contributed by atoms with van der Waals surface area (Å²) in [6, 6.07) is 1.77. The molecule has 0 aromatic carbocycles. The summed E-state index contributed by atoms with van der Waals surface area (Å²) in [5.41, 5.74) is 5.94. The lowest BCUT2D eigenvalue weighted by Gasteiger charge is -2.18. The summed E-state index contributed by atoms with van der Waals surface area (Å²) in [7, 11) is 0. The van der Waals surface area contributed by atoms with Crippen molar-refractivity contribution in [2.45, 2.75) is 19.0 Å². The van der Waals surface area contributed by atoms with Gasteiger partial charge in [-0.1, -0.05) is 0 Å². The molecule has 1 fully saturated rings. The zero-order chi connectivity index (χ0) is 21.3. The predicted molar refractivity (Wildman–Crippen MR) is 105 cm³/mol. The number of nitrogens with two attached hydrogens (primary N) is 1. The lowest BCUT2D eigenvalue weighted by Crippen LogP contribution is -2.21. The molecule has 30 heavy (non-hydrogen) atoms. The van der Waals surface area contributed by atoms with Crippen molar-refractivity contribution in [3.05, 3.63) is 48.3 Å². The lowest BCUT2D eigenvalue weighted by molar-refractivity contribution is -0.141. The topological polar surface area (TPSA) is 109 Å². The van der Waals surface area contributed by atoms with Crippen LogP contribution in [0.1, 0.15) is 18.5 Å². The van der Waals surface area contributed by atoms with Gasteiger partial charge in [-0.3, -0.25) is 4.40 Å². The van der Waals surface area contributed by atoms with Gasteiger partial charge in [-0.25, -0.2) is 19.9 Å². The molecular weight excluding hydrogens is 397 g/mol. The number of nitrogens with zero attached hydrogens (tertiary/aromatic N) is 6. The van der Waals surface area contributed by atoms with E-state index in [4.69, 9.17) is 11.1 Å². The van der Waals surface area contributed by atoms with E-state index in [0.717, 1.165) is 43.9 Å². The van der Waals surface area contributed by atoms with E-state index >= 15 is 0 Å². The highest BCUT2D eigenvalue weighted by Crippen LogP contribution is 2.30. The van der Waals surface area contributed by atoms with Crippen molar-refractivity contribution in [2.24, 2.45) is 11.7 Å². The van der Waals surface area contributed by atoms with E-state index < -0.39 is 11.9 Å². The number of hydrogen-bond donors (Lipinski definition) is 2. The zero-order valence-corrected chi connectivity index (χ0v) is 15.8. The Balaban J connectivity index is 1.61. The van der Waals surface area contributed by atoms with Crippen LogP contribution in [-0.4, -0.2) is 43.6 Å². The van der Waals surface area contributed by atoms with Crippen LogP contribution in [0.5, 0.6) is 0 Å². The minimum Gasteiger partial charge on any atom is -0.404 e. The predicted octanol–water partition coefficient (Wildman–Crippen LogP) is 2.91. The number of nitrogens with one attached hydrogen (secondary N) is 1. The minimum atomic E-state index is -4.56. The van der Waals surface area contributed by atoms with Gasteiger partial charge in [-0.2, -0.15) is 13.2 Å².